The van der Waals surface area contributed by atoms with E-state index in [-0.39, 0.29) is 57.5 Å². The van der Waals surface area contributed by atoms with Gasteiger partial charge >= 0.3 is 0 Å². The van der Waals surface area contributed by atoms with Gasteiger partial charge in [-0.2, -0.15) is 9.45 Å². The Morgan fingerprint density at radius 1 is 1.08 bits per heavy atom. The molecule has 0 aliphatic rings. The first-order valence-corrected chi connectivity index (χ1v) is 12.9. The maximum absolute atomic E-state index is 12.4. The number of azo groups is 1. The van der Waals surface area contributed by atoms with Crippen LogP contribution in [0.4, 0.5) is 17.1 Å². The van der Waals surface area contributed by atoms with Crippen LogP contribution < -0.4 is 5.32 Å². The second-order valence-corrected chi connectivity index (χ2v) is 10.3. The second kappa shape index (κ2) is 12.9. The first kappa shape index (κ1) is 27.8. The van der Waals surface area contributed by atoms with Gasteiger partial charge in [0.2, 0.25) is 5.91 Å². The van der Waals surface area contributed by atoms with E-state index in [9.17, 15) is 18.3 Å². The molecule has 192 valence electrons. The first-order chi connectivity index (χ1) is 17.2. The third-order valence-electron chi connectivity index (χ3n) is 4.50. The van der Waals surface area contributed by atoms with Gasteiger partial charge in [0.25, 0.3) is 0 Å². The standard InChI is InChI=1S/C20H19N3O10S3/c1-12(24)21-15-3-2-13-10-18(34-32-27)19(20(25)17(13)11-15)23-22-14-4-6-16(7-5-14)36(28,29)9-8-30-35-33-31-26/h2-7,10-11,25-27H,8-9H2,1H3,(H,21,24)/b23-22+. The van der Waals surface area contributed by atoms with Gasteiger partial charge in [-0.15, -0.1) is 9.45 Å². The highest BCUT2D eigenvalue weighted by molar-refractivity contribution is 7.94. The molecule has 0 heterocycles. The van der Waals surface area contributed by atoms with Gasteiger partial charge in [-0.1, -0.05) is 11.1 Å². The number of fused-ring (bicyclic) bond motifs is 1. The van der Waals surface area contributed by atoms with Crippen molar-refractivity contribution < 1.29 is 46.7 Å². The lowest BCUT2D eigenvalue weighted by Gasteiger charge is -2.10. The molecule has 16 heteroatoms. The zero-order chi connectivity index (χ0) is 26.1. The molecule has 3 aromatic carbocycles. The number of benzene rings is 3. The van der Waals surface area contributed by atoms with E-state index in [0.29, 0.717) is 28.5 Å². The summed E-state index contributed by atoms with van der Waals surface area (Å²) >= 11 is 0.824. The quantitative estimate of drug-likeness (QED) is 0.0752. The molecule has 13 nitrogen and oxygen atoms in total. The van der Waals surface area contributed by atoms with E-state index >= 15 is 0 Å². The van der Waals surface area contributed by atoms with E-state index in [1.807, 2.05) is 0 Å². The fourth-order valence-electron chi connectivity index (χ4n) is 2.98. The monoisotopic (exact) mass is 557 g/mol. The molecule has 0 aliphatic carbocycles. The van der Waals surface area contributed by atoms with Crippen molar-refractivity contribution in [2.75, 3.05) is 17.7 Å². The van der Waals surface area contributed by atoms with Crippen molar-refractivity contribution >= 4 is 67.9 Å². The van der Waals surface area contributed by atoms with Crippen LogP contribution in [-0.4, -0.2) is 42.3 Å². The fourth-order valence-corrected chi connectivity index (χ4v) is 4.86. The Balaban J connectivity index is 1.84. The van der Waals surface area contributed by atoms with Crippen molar-refractivity contribution in [2.45, 2.75) is 16.7 Å². The van der Waals surface area contributed by atoms with Gasteiger partial charge in [-0.05, 0) is 47.9 Å². The SMILES string of the molecule is CC(=O)Nc1ccc2cc(SOO)c(/N=N/c3ccc(S(=O)(=O)CCOSOOO)cc3)c(O)c2c1. The molecule has 0 bridgehead atoms. The Labute approximate surface area is 213 Å². The maximum atomic E-state index is 12.4. The molecule has 0 aliphatic heterocycles. The van der Waals surface area contributed by atoms with Crippen molar-refractivity contribution in [3.05, 3.63) is 48.5 Å². The van der Waals surface area contributed by atoms with Crippen LogP contribution in [0.3, 0.4) is 0 Å². The molecule has 1 amide bonds. The Hall–Kier alpha value is -2.80. The molecule has 36 heavy (non-hydrogen) atoms. The van der Waals surface area contributed by atoms with E-state index in [2.05, 4.69) is 29.3 Å². The number of amides is 1. The summed E-state index contributed by atoms with van der Waals surface area (Å²) in [5, 5.41) is 42.7. The summed E-state index contributed by atoms with van der Waals surface area (Å²) in [6.07, 6.45) is 0. The molecule has 0 fully saturated rings. The third-order valence-corrected chi connectivity index (χ3v) is 7.14. The zero-order valence-electron chi connectivity index (χ0n) is 18.4. The number of carbonyl (C=O) groups excluding carboxylic acids is 1. The highest BCUT2D eigenvalue weighted by atomic mass is 32.2. The lowest BCUT2D eigenvalue weighted by atomic mass is 10.1. The van der Waals surface area contributed by atoms with E-state index < -0.39 is 9.84 Å². The van der Waals surface area contributed by atoms with Crippen molar-refractivity contribution in [1.29, 1.82) is 0 Å². The topological polar surface area (TPSA) is 186 Å². The normalized spacial score (nSPS) is 11.9. The smallest absolute Gasteiger partial charge is 0.221 e. The Kier molecular flexibility index (Phi) is 9.99. The van der Waals surface area contributed by atoms with Crippen LogP contribution in [0.5, 0.6) is 5.75 Å². The summed E-state index contributed by atoms with van der Waals surface area (Å²) in [4.78, 5) is 11.6. The molecule has 0 unspecified atom stereocenters. The van der Waals surface area contributed by atoms with Crippen LogP contribution in [-0.2, 0) is 32.5 Å². The van der Waals surface area contributed by atoms with Gasteiger partial charge in [0, 0.05) is 18.0 Å². The lowest BCUT2D eigenvalue weighted by molar-refractivity contribution is -0.434. The van der Waals surface area contributed by atoms with E-state index in [1.54, 1.807) is 24.3 Å². The minimum absolute atomic E-state index is 0.0121. The Bertz CT molecular complexity index is 1350. The number of hydrogen-bond donors (Lipinski definition) is 4. The predicted octanol–water partition coefficient (Wildman–Crippen LogP) is 5.19. The third kappa shape index (κ3) is 7.36. The summed E-state index contributed by atoms with van der Waals surface area (Å²) in [6, 6.07) is 12.0. The highest BCUT2D eigenvalue weighted by Gasteiger charge is 2.17. The van der Waals surface area contributed by atoms with Gasteiger partial charge in [-0.25, -0.2) is 18.9 Å². The number of nitrogens with one attached hydrogen (secondary N) is 1. The molecule has 0 atom stereocenters. The number of anilines is 1. The molecule has 3 aromatic rings. The largest absolute Gasteiger partial charge is 0.505 e. The van der Waals surface area contributed by atoms with E-state index in [4.69, 9.17) is 14.7 Å². The number of carbonyl (C=O) groups is 1. The average Bonchev–Trinajstić information content (AvgIpc) is 2.84. The summed E-state index contributed by atoms with van der Waals surface area (Å²) in [5.41, 5.74) is 0.727. The number of rotatable bonds is 12. The molecule has 0 saturated heterocycles. The van der Waals surface area contributed by atoms with E-state index in [0.717, 1.165) is 0 Å². The minimum Gasteiger partial charge on any atom is -0.505 e. The number of sulfone groups is 1. The molecule has 0 saturated carbocycles. The summed E-state index contributed by atoms with van der Waals surface area (Å²) in [7, 11) is -3.68. The summed E-state index contributed by atoms with van der Waals surface area (Å²) < 4.78 is 37.6. The minimum atomic E-state index is -3.68. The van der Waals surface area contributed by atoms with Crippen LogP contribution in [0.2, 0.25) is 0 Å². The van der Waals surface area contributed by atoms with Gasteiger partial charge < -0.3 is 10.4 Å². The van der Waals surface area contributed by atoms with Crippen molar-refractivity contribution in [2.24, 2.45) is 10.2 Å². The molecular formula is C20H19N3O10S3. The van der Waals surface area contributed by atoms with Crippen LogP contribution in [0.1, 0.15) is 6.92 Å². The Morgan fingerprint density at radius 2 is 1.83 bits per heavy atom. The number of phenolic OH excluding ortho intramolecular Hbond substituents is 1. The summed E-state index contributed by atoms with van der Waals surface area (Å²) in [5.74, 6) is -0.907. The van der Waals surface area contributed by atoms with Crippen molar-refractivity contribution in [1.82, 2.24) is 0 Å². The number of phenols is 1. The number of hydrogen-bond acceptors (Lipinski definition) is 14. The molecule has 4 N–H and O–H groups in total. The number of nitrogens with zero attached hydrogens (tertiary/aromatic N) is 2. The summed E-state index contributed by atoms with van der Waals surface area (Å²) in [6.45, 7) is 1.13. The van der Waals surface area contributed by atoms with Crippen molar-refractivity contribution in [3.8, 4) is 5.75 Å². The predicted molar refractivity (Wildman–Crippen MR) is 130 cm³/mol. The van der Waals surface area contributed by atoms with Gasteiger partial charge in [-0.3, -0.25) is 8.98 Å². The molecule has 0 aromatic heterocycles. The maximum Gasteiger partial charge on any atom is 0.221 e. The fraction of sp³-hybridized carbons (Fsp3) is 0.150. The van der Waals surface area contributed by atoms with Gasteiger partial charge in [0.15, 0.2) is 27.9 Å². The van der Waals surface area contributed by atoms with Gasteiger partial charge in [0.1, 0.15) is 5.69 Å². The van der Waals surface area contributed by atoms with Gasteiger partial charge in [0.05, 0.1) is 39.9 Å². The first-order valence-electron chi connectivity index (χ1n) is 9.81. The molecule has 0 spiro atoms. The average molecular weight is 558 g/mol. The zero-order valence-corrected chi connectivity index (χ0v) is 20.8. The second-order valence-electron chi connectivity index (χ2n) is 6.89. The Morgan fingerprint density at radius 3 is 2.50 bits per heavy atom. The number of aromatic hydroxyl groups is 1. The van der Waals surface area contributed by atoms with E-state index in [1.165, 1.54) is 31.2 Å². The molecule has 0 radical (unpaired) electrons. The van der Waals surface area contributed by atoms with Crippen LogP contribution >= 0.6 is 24.4 Å². The van der Waals surface area contributed by atoms with Crippen LogP contribution in [0.15, 0.2) is 68.6 Å². The van der Waals surface area contributed by atoms with Crippen molar-refractivity contribution in [3.63, 3.8) is 0 Å². The van der Waals surface area contributed by atoms with Crippen LogP contribution in [0, 0.1) is 0 Å². The highest BCUT2D eigenvalue weighted by Crippen LogP contribution is 2.44. The van der Waals surface area contributed by atoms with Crippen LogP contribution in [0.25, 0.3) is 10.8 Å². The molecule has 3 rings (SSSR count). The molecular weight excluding hydrogens is 538 g/mol. The lowest BCUT2D eigenvalue weighted by Crippen LogP contribution is -2.10.